The smallest absolute Gasteiger partial charge is 0.251 e. The first-order chi connectivity index (χ1) is 14.8. The Morgan fingerprint density at radius 1 is 1.13 bits per heavy atom. The van der Waals surface area contributed by atoms with Gasteiger partial charge in [-0.25, -0.2) is 13.1 Å². The van der Waals surface area contributed by atoms with Crippen LogP contribution < -0.4 is 14.8 Å². The van der Waals surface area contributed by atoms with Crippen LogP contribution in [-0.2, 0) is 10.0 Å². The van der Waals surface area contributed by atoms with Crippen molar-refractivity contribution in [2.24, 2.45) is 0 Å². The van der Waals surface area contributed by atoms with Crippen LogP contribution in [0.25, 0.3) is 0 Å². The molecule has 1 atom stereocenters. The van der Waals surface area contributed by atoms with Crippen molar-refractivity contribution < 1.29 is 17.9 Å². The highest BCUT2D eigenvalue weighted by Gasteiger charge is 2.24. The minimum Gasteiger partial charge on any atom is -0.497 e. The van der Waals surface area contributed by atoms with Gasteiger partial charge in [0.05, 0.1) is 18.0 Å². The van der Waals surface area contributed by atoms with E-state index < -0.39 is 10.0 Å². The van der Waals surface area contributed by atoms with Gasteiger partial charge in [0.1, 0.15) is 5.75 Å². The summed E-state index contributed by atoms with van der Waals surface area (Å²) in [6, 6.07) is 13.8. The van der Waals surface area contributed by atoms with E-state index in [9.17, 15) is 13.2 Å². The molecule has 0 aromatic heterocycles. The second kappa shape index (κ2) is 10.3. The van der Waals surface area contributed by atoms with Gasteiger partial charge in [0.25, 0.3) is 5.91 Å². The zero-order valence-electron chi connectivity index (χ0n) is 18.3. The summed E-state index contributed by atoms with van der Waals surface area (Å²) in [5, 5.41) is 2.93. The van der Waals surface area contributed by atoms with E-state index in [1.165, 1.54) is 12.1 Å². The minimum absolute atomic E-state index is 0.0220. The fraction of sp³-hybridized carbons (Fsp3) is 0.435. The quantitative estimate of drug-likeness (QED) is 0.620. The second-order valence-electron chi connectivity index (χ2n) is 8.10. The Kier molecular flexibility index (Phi) is 7.69. The Bertz CT molecular complexity index is 1000. The number of nitrogens with zero attached hydrogens (tertiary/aromatic N) is 1. The molecule has 3 rings (SSSR count). The summed E-state index contributed by atoms with van der Waals surface area (Å²) in [7, 11) is 1.86. The van der Waals surface area contributed by atoms with Gasteiger partial charge in [0.15, 0.2) is 0 Å². The van der Waals surface area contributed by atoms with Gasteiger partial charge in [0, 0.05) is 18.2 Å². The number of hydrogen-bond acceptors (Lipinski definition) is 5. The lowest BCUT2D eigenvalue weighted by Gasteiger charge is -2.25. The SMILES string of the molecule is COc1cccc(C(CNC(=O)c2cccc(S(=O)(=O)NC3CCCC3)c2)N(C)C)c1. The van der Waals surface area contributed by atoms with Crippen LogP contribution in [0.2, 0.25) is 0 Å². The molecule has 0 saturated heterocycles. The predicted octanol–water partition coefficient (Wildman–Crippen LogP) is 2.95. The van der Waals surface area contributed by atoms with Crippen molar-refractivity contribution in [1.29, 1.82) is 0 Å². The fourth-order valence-corrected chi connectivity index (χ4v) is 5.22. The lowest BCUT2D eigenvalue weighted by atomic mass is 10.1. The average molecular weight is 446 g/mol. The molecule has 1 fully saturated rings. The molecule has 0 heterocycles. The number of ether oxygens (including phenoxy) is 1. The molecule has 0 bridgehead atoms. The molecule has 1 aliphatic rings. The Morgan fingerprint density at radius 2 is 1.84 bits per heavy atom. The van der Waals surface area contributed by atoms with Crippen molar-refractivity contribution >= 4 is 15.9 Å². The maximum atomic E-state index is 12.8. The summed E-state index contributed by atoms with van der Waals surface area (Å²) in [4.78, 5) is 14.9. The van der Waals surface area contributed by atoms with E-state index >= 15 is 0 Å². The third-order valence-electron chi connectivity index (χ3n) is 5.64. The summed E-state index contributed by atoms with van der Waals surface area (Å²) >= 11 is 0. The maximum absolute atomic E-state index is 12.8. The van der Waals surface area contributed by atoms with Crippen LogP contribution in [0, 0.1) is 0 Å². The number of carbonyl (C=O) groups excluding carboxylic acids is 1. The molecule has 1 unspecified atom stereocenters. The molecule has 7 nitrogen and oxygen atoms in total. The van der Waals surface area contributed by atoms with Crippen LogP contribution in [0.1, 0.15) is 47.6 Å². The highest BCUT2D eigenvalue weighted by atomic mass is 32.2. The largest absolute Gasteiger partial charge is 0.497 e. The number of hydrogen-bond donors (Lipinski definition) is 2. The van der Waals surface area contributed by atoms with Crippen LogP contribution in [-0.4, -0.2) is 53.0 Å². The molecule has 1 saturated carbocycles. The lowest BCUT2D eigenvalue weighted by molar-refractivity contribution is 0.0941. The molecule has 8 heteroatoms. The first-order valence-corrected chi connectivity index (χ1v) is 12.0. The van der Waals surface area contributed by atoms with Gasteiger partial charge < -0.3 is 15.0 Å². The van der Waals surface area contributed by atoms with Crippen molar-refractivity contribution in [1.82, 2.24) is 14.9 Å². The van der Waals surface area contributed by atoms with E-state index in [4.69, 9.17) is 4.74 Å². The topological polar surface area (TPSA) is 87.7 Å². The molecule has 168 valence electrons. The highest BCUT2D eigenvalue weighted by molar-refractivity contribution is 7.89. The molecule has 1 aliphatic carbocycles. The molecule has 0 radical (unpaired) electrons. The number of likely N-dealkylation sites (N-methyl/N-ethyl adjacent to an activating group) is 1. The van der Waals surface area contributed by atoms with E-state index in [-0.39, 0.29) is 22.9 Å². The molecule has 2 aromatic carbocycles. The van der Waals surface area contributed by atoms with Crippen molar-refractivity contribution in [2.75, 3.05) is 27.7 Å². The molecule has 2 aromatic rings. The summed E-state index contributed by atoms with van der Waals surface area (Å²) in [6.07, 6.45) is 3.79. The summed E-state index contributed by atoms with van der Waals surface area (Å²) < 4.78 is 33.5. The fourth-order valence-electron chi connectivity index (χ4n) is 3.87. The zero-order valence-corrected chi connectivity index (χ0v) is 19.1. The van der Waals surface area contributed by atoms with Crippen LogP contribution in [0.5, 0.6) is 5.75 Å². The minimum atomic E-state index is -3.65. The molecule has 31 heavy (non-hydrogen) atoms. The van der Waals surface area contributed by atoms with Gasteiger partial charge >= 0.3 is 0 Å². The van der Waals surface area contributed by atoms with Gasteiger partial charge in [-0.3, -0.25) is 4.79 Å². The average Bonchev–Trinajstić information content (AvgIpc) is 3.26. The lowest BCUT2D eigenvalue weighted by Crippen LogP contribution is -2.35. The van der Waals surface area contributed by atoms with Gasteiger partial charge in [0.2, 0.25) is 10.0 Å². The van der Waals surface area contributed by atoms with E-state index in [1.807, 2.05) is 43.3 Å². The van der Waals surface area contributed by atoms with Crippen LogP contribution in [0.3, 0.4) is 0 Å². The zero-order chi connectivity index (χ0) is 22.4. The van der Waals surface area contributed by atoms with Crippen LogP contribution in [0.4, 0.5) is 0 Å². The molecular weight excluding hydrogens is 414 g/mol. The van der Waals surface area contributed by atoms with Crippen LogP contribution >= 0.6 is 0 Å². The van der Waals surface area contributed by atoms with Gasteiger partial charge in [-0.05, 0) is 62.8 Å². The van der Waals surface area contributed by atoms with Crippen LogP contribution in [0.15, 0.2) is 53.4 Å². The van der Waals surface area contributed by atoms with Crippen molar-refractivity contribution in [3.05, 3.63) is 59.7 Å². The van der Waals surface area contributed by atoms with Crippen molar-refractivity contribution in [3.8, 4) is 5.75 Å². The number of methoxy groups -OCH3 is 1. The van der Waals surface area contributed by atoms with Gasteiger partial charge in [-0.2, -0.15) is 0 Å². The molecule has 0 spiro atoms. The first-order valence-electron chi connectivity index (χ1n) is 10.5. The highest BCUT2D eigenvalue weighted by Crippen LogP contribution is 2.23. The summed E-state index contributed by atoms with van der Waals surface area (Å²) in [5.74, 6) is 0.441. The maximum Gasteiger partial charge on any atom is 0.251 e. The number of benzene rings is 2. The van der Waals surface area contributed by atoms with E-state index in [2.05, 4.69) is 10.0 Å². The Hall–Kier alpha value is -2.42. The van der Waals surface area contributed by atoms with E-state index in [0.717, 1.165) is 37.0 Å². The first kappa shape index (κ1) is 23.2. The molecule has 2 N–H and O–H groups in total. The molecular formula is C23H31N3O4S. The van der Waals surface area contributed by atoms with E-state index in [0.29, 0.717) is 12.1 Å². The van der Waals surface area contributed by atoms with Crippen molar-refractivity contribution in [2.45, 2.75) is 42.7 Å². The third-order valence-corrected chi connectivity index (χ3v) is 7.16. The Labute approximate surface area is 184 Å². The van der Waals surface area contributed by atoms with Crippen molar-refractivity contribution in [3.63, 3.8) is 0 Å². The number of carbonyl (C=O) groups is 1. The van der Waals surface area contributed by atoms with Gasteiger partial charge in [-0.15, -0.1) is 0 Å². The standard InChI is InChI=1S/C23H31N3O4S/c1-26(2)22(17-8-6-12-20(14-17)30-3)16-24-23(27)18-9-7-13-21(15-18)31(28,29)25-19-10-4-5-11-19/h6-9,12-15,19,22,25H,4-5,10-11,16H2,1-3H3,(H,24,27). The normalized spacial score (nSPS) is 15.7. The van der Waals surface area contributed by atoms with Gasteiger partial charge in [-0.1, -0.05) is 31.0 Å². The number of nitrogens with one attached hydrogen (secondary N) is 2. The Balaban J connectivity index is 1.70. The second-order valence-corrected chi connectivity index (χ2v) is 9.81. The monoisotopic (exact) mass is 445 g/mol. The molecule has 0 aliphatic heterocycles. The number of rotatable bonds is 9. The summed E-state index contributed by atoms with van der Waals surface area (Å²) in [5.41, 5.74) is 1.33. The number of amides is 1. The molecule has 1 amide bonds. The van der Waals surface area contributed by atoms with E-state index in [1.54, 1.807) is 19.2 Å². The Morgan fingerprint density at radius 3 is 2.52 bits per heavy atom. The summed E-state index contributed by atoms with van der Waals surface area (Å²) in [6.45, 7) is 0.371. The number of sulfonamides is 1. The third kappa shape index (κ3) is 6.06. The predicted molar refractivity (Wildman–Crippen MR) is 121 cm³/mol.